The minimum Gasteiger partial charge on any atom is -0.469 e. The fourth-order valence-corrected chi connectivity index (χ4v) is 3.79. The van der Waals surface area contributed by atoms with Gasteiger partial charge < -0.3 is 15.2 Å². The van der Waals surface area contributed by atoms with E-state index in [4.69, 9.17) is 0 Å². The van der Waals surface area contributed by atoms with Crippen molar-refractivity contribution in [3.63, 3.8) is 0 Å². The highest BCUT2D eigenvalue weighted by atomic mass is 16.5. The van der Waals surface area contributed by atoms with Gasteiger partial charge in [-0.2, -0.15) is 0 Å². The van der Waals surface area contributed by atoms with Crippen LogP contribution in [0.3, 0.4) is 0 Å². The molecule has 0 radical (unpaired) electrons. The first-order valence-electron chi connectivity index (χ1n) is 8.29. The molecule has 1 amide bonds. The van der Waals surface area contributed by atoms with Crippen molar-refractivity contribution in [1.29, 1.82) is 0 Å². The number of hydrogen-bond acceptors (Lipinski definition) is 5. The molecule has 6 heteroatoms. The van der Waals surface area contributed by atoms with Crippen LogP contribution in [0, 0.1) is 5.92 Å². The van der Waals surface area contributed by atoms with Gasteiger partial charge in [0.1, 0.15) is 0 Å². The molecule has 22 heavy (non-hydrogen) atoms. The molecule has 0 aromatic heterocycles. The van der Waals surface area contributed by atoms with E-state index >= 15 is 0 Å². The van der Waals surface area contributed by atoms with Gasteiger partial charge in [0, 0.05) is 25.0 Å². The molecule has 0 spiro atoms. The van der Waals surface area contributed by atoms with Crippen molar-refractivity contribution in [3.8, 4) is 0 Å². The summed E-state index contributed by atoms with van der Waals surface area (Å²) in [4.78, 5) is 25.6. The predicted molar refractivity (Wildman–Crippen MR) is 82.2 cm³/mol. The van der Waals surface area contributed by atoms with Crippen LogP contribution in [0.2, 0.25) is 0 Å². The number of esters is 1. The summed E-state index contributed by atoms with van der Waals surface area (Å²) < 4.78 is 4.58. The minimum absolute atomic E-state index is 0.0299. The van der Waals surface area contributed by atoms with E-state index in [1.54, 1.807) is 0 Å². The zero-order chi connectivity index (χ0) is 16.1. The normalized spacial score (nSPS) is 31.0. The lowest BCUT2D eigenvalue weighted by molar-refractivity contribution is -0.140. The number of rotatable bonds is 7. The van der Waals surface area contributed by atoms with Crippen molar-refractivity contribution in [3.05, 3.63) is 0 Å². The van der Waals surface area contributed by atoms with Crippen LogP contribution in [-0.2, 0) is 14.3 Å². The Bertz CT molecular complexity index is 402. The number of amides is 1. The van der Waals surface area contributed by atoms with Crippen LogP contribution in [0.15, 0.2) is 0 Å². The van der Waals surface area contributed by atoms with Crippen molar-refractivity contribution in [1.82, 2.24) is 10.2 Å². The Morgan fingerprint density at radius 3 is 2.77 bits per heavy atom. The number of fused-ring (bicyclic) bond motifs is 2. The summed E-state index contributed by atoms with van der Waals surface area (Å²) in [6, 6.07) is 0.607. The second-order valence-electron chi connectivity index (χ2n) is 6.47. The zero-order valence-electron chi connectivity index (χ0n) is 13.6. The summed E-state index contributed by atoms with van der Waals surface area (Å²) in [6.45, 7) is 0.600. The van der Waals surface area contributed by atoms with Crippen molar-refractivity contribution in [2.45, 2.75) is 63.1 Å². The standard InChI is InChI=1S/C16H28N2O4/c1-18-11-7-8-12(18)15(13(19)10-11)16(21)17-9-5-3-4-6-14(20)22-2/h11-13,15,19H,3-10H2,1-2H3,(H,17,21)/t11-,12+,13-,15+/m0/s1. The van der Waals surface area contributed by atoms with Gasteiger partial charge in [0.05, 0.1) is 19.1 Å². The van der Waals surface area contributed by atoms with E-state index in [1.165, 1.54) is 7.11 Å². The van der Waals surface area contributed by atoms with Crippen molar-refractivity contribution < 1.29 is 19.4 Å². The summed E-state index contributed by atoms with van der Waals surface area (Å²) in [5, 5.41) is 13.2. The highest BCUT2D eigenvalue weighted by Crippen LogP contribution is 2.38. The Morgan fingerprint density at radius 2 is 2.05 bits per heavy atom. The SMILES string of the molecule is COC(=O)CCCCCNC(=O)[C@@H]1[C@H]2CC[C@@H](C[C@@H]1O)N2C. The molecule has 2 rings (SSSR count). The Balaban J connectivity index is 1.67. The molecule has 4 atom stereocenters. The molecule has 0 aliphatic carbocycles. The van der Waals surface area contributed by atoms with Gasteiger partial charge in [0.25, 0.3) is 0 Å². The summed E-state index contributed by atoms with van der Waals surface area (Å²) in [5.74, 6) is -0.523. The molecule has 2 bridgehead atoms. The van der Waals surface area contributed by atoms with E-state index in [9.17, 15) is 14.7 Å². The molecular formula is C16H28N2O4. The number of methoxy groups -OCH3 is 1. The van der Waals surface area contributed by atoms with Gasteiger partial charge in [-0.3, -0.25) is 14.5 Å². The van der Waals surface area contributed by atoms with Crippen LogP contribution < -0.4 is 5.32 Å². The monoisotopic (exact) mass is 312 g/mol. The van der Waals surface area contributed by atoms with Gasteiger partial charge in [-0.05, 0) is 39.2 Å². The summed E-state index contributed by atoms with van der Waals surface area (Å²) in [7, 11) is 3.45. The van der Waals surface area contributed by atoms with Crippen LogP contribution >= 0.6 is 0 Å². The van der Waals surface area contributed by atoms with Crippen LogP contribution in [0.25, 0.3) is 0 Å². The second-order valence-corrected chi connectivity index (χ2v) is 6.47. The number of aliphatic hydroxyl groups excluding tert-OH is 1. The molecule has 6 nitrogen and oxygen atoms in total. The molecule has 2 aliphatic rings. The Kier molecular flexibility index (Phi) is 6.20. The van der Waals surface area contributed by atoms with Gasteiger partial charge in [0.2, 0.25) is 5.91 Å². The van der Waals surface area contributed by atoms with E-state index in [0.717, 1.165) is 32.1 Å². The maximum absolute atomic E-state index is 12.4. The summed E-state index contributed by atoms with van der Waals surface area (Å²) >= 11 is 0. The molecule has 2 saturated heterocycles. The summed E-state index contributed by atoms with van der Waals surface area (Å²) in [5.41, 5.74) is 0. The fourth-order valence-electron chi connectivity index (χ4n) is 3.79. The number of nitrogens with zero attached hydrogens (tertiary/aromatic N) is 1. The third-order valence-corrected chi connectivity index (χ3v) is 5.12. The quantitative estimate of drug-likeness (QED) is 0.534. The third-order valence-electron chi connectivity index (χ3n) is 5.12. The molecule has 2 fully saturated rings. The van der Waals surface area contributed by atoms with Crippen LogP contribution in [0.4, 0.5) is 0 Å². The van der Waals surface area contributed by atoms with E-state index in [2.05, 4.69) is 22.0 Å². The summed E-state index contributed by atoms with van der Waals surface area (Å²) in [6.07, 6.45) is 5.19. The van der Waals surface area contributed by atoms with E-state index in [0.29, 0.717) is 25.4 Å². The number of hydrogen-bond donors (Lipinski definition) is 2. The molecule has 0 unspecified atom stereocenters. The molecule has 126 valence electrons. The largest absolute Gasteiger partial charge is 0.469 e. The number of carbonyl (C=O) groups excluding carboxylic acids is 2. The Morgan fingerprint density at radius 1 is 1.27 bits per heavy atom. The maximum Gasteiger partial charge on any atom is 0.305 e. The lowest BCUT2D eigenvalue weighted by atomic mass is 9.87. The lowest BCUT2D eigenvalue weighted by Crippen LogP contribution is -2.54. The van der Waals surface area contributed by atoms with Gasteiger partial charge >= 0.3 is 5.97 Å². The topological polar surface area (TPSA) is 78.9 Å². The first-order valence-corrected chi connectivity index (χ1v) is 8.29. The molecule has 2 N–H and O–H groups in total. The smallest absolute Gasteiger partial charge is 0.305 e. The molecule has 0 aromatic carbocycles. The molecule has 2 heterocycles. The van der Waals surface area contributed by atoms with Crippen molar-refractivity contribution in [2.75, 3.05) is 20.7 Å². The number of aliphatic hydroxyl groups is 1. The lowest BCUT2D eigenvalue weighted by Gasteiger charge is -2.39. The van der Waals surface area contributed by atoms with Gasteiger partial charge in [0.15, 0.2) is 0 Å². The van der Waals surface area contributed by atoms with E-state index in [-0.39, 0.29) is 23.8 Å². The first-order chi connectivity index (χ1) is 10.5. The average Bonchev–Trinajstić information content (AvgIpc) is 2.73. The Labute approximate surface area is 132 Å². The first kappa shape index (κ1) is 17.2. The number of nitrogens with one attached hydrogen (secondary N) is 1. The van der Waals surface area contributed by atoms with Gasteiger partial charge in [-0.15, -0.1) is 0 Å². The number of ether oxygens (including phenoxy) is 1. The number of unbranched alkanes of at least 4 members (excludes halogenated alkanes) is 2. The fraction of sp³-hybridized carbons (Fsp3) is 0.875. The highest BCUT2D eigenvalue weighted by molar-refractivity contribution is 5.80. The third kappa shape index (κ3) is 3.98. The van der Waals surface area contributed by atoms with Crippen LogP contribution in [0.5, 0.6) is 0 Å². The second kappa shape index (κ2) is 7.92. The highest BCUT2D eigenvalue weighted by Gasteiger charge is 2.47. The maximum atomic E-state index is 12.4. The van der Waals surface area contributed by atoms with Crippen LogP contribution in [-0.4, -0.2) is 60.8 Å². The van der Waals surface area contributed by atoms with E-state index < -0.39 is 6.10 Å². The Hall–Kier alpha value is -1.14. The number of carbonyl (C=O) groups is 2. The minimum atomic E-state index is -0.520. The van der Waals surface area contributed by atoms with Gasteiger partial charge in [-0.25, -0.2) is 0 Å². The zero-order valence-corrected chi connectivity index (χ0v) is 13.6. The van der Waals surface area contributed by atoms with Gasteiger partial charge in [-0.1, -0.05) is 6.42 Å². The average molecular weight is 312 g/mol. The molecular weight excluding hydrogens is 284 g/mol. The molecule has 0 saturated carbocycles. The number of piperidine rings is 1. The molecule has 2 aliphatic heterocycles. The molecule has 0 aromatic rings. The van der Waals surface area contributed by atoms with Crippen molar-refractivity contribution in [2.24, 2.45) is 5.92 Å². The van der Waals surface area contributed by atoms with Crippen molar-refractivity contribution >= 4 is 11.9 Å². The van der Waals surface area contributed by atoms with E-state index in [1.807, 2.05) is 0 Å². The van der Waals surface area contributed by atoms with Crippen LogP contribution in [0.1, 0.15) is 44.9 Å². The predicted octanol–water partition coefficient (Wildman–Crippen LogP) is 0.680.